The Kier molecular flexibility index (Phi) is 6.85. The van der Waals surface area contributed by atoms with E-state index in [1.54, 1.807) is 23.3 Å². The van der Waals surface area contributed by atoms with Gasteiger partial charge in [0.05, 0.1) is 36.9 Å². The zero-order chi connectivity index (χ0) is 18.4. The van der Waals surface area contributed by atoms with Crippen molar-refractivity contribution in [1.29, 1.82) is 0 Å². The molecule has 1 saturated heterocycles. The second kappa shape index (κ2) is 9.32. The van der Waals surface area contributed by atoms with Crippen molar-refractivity contribution in [2.45, 2.75) is 19.0 Å². The third-order valence-corrected chi connectivity index (χ3v) is 5.81. The largest absolute Gasteiger partial charge is 0.495 e. The fraction of sp³-hybridized carbons (Fsp3) is 0.421. The molecule has 3 N–H and O–H groups in total. The van der Waals surface area contributed by atoms with Crippen molar-refractivity contribution >= 4 is 34.4 Å². The lowest BCUT2D eigenvalue weighted by atomic mass is 10.1. The number of quaternary nitrogens is 1. The zero-order valence-electron chi connectivity index (χ0n) is 15.2. The van der Waals surface area contributed by atoms with E-state index >= 15 is 0 Å². The molecule has 3 rings (SSSR count). The van der Waals surface area contributed by atoms with Crippen LogP contribution in [0.4, 0.5) is 5.69 Å². The van der Waals surface area contributed by atoms with Gasteiger partial charge in [-0.25, -0.2) is 0 Å². The molecule has 0 saturated carbocycles. The minimum absolute atomic E-state index is 0.191. The summed E-state index contributed by atoms with van der Waals surface area (Å²) in [6, 6.07) is 12.6. The van der Waals surface area contributed by atoms with Crippen molar-refractivity contribution in [3.05, 3.63) is 46.7 Å². The van der Waals surface area contributed by atoms with Gasteiger partial charge in [0, 0.05) is 0 Å². The molecule has 1 aliphatic rings. The molecular formula is C19H26N3O2S2+. The molecule has 5 nitrogen and oxygen atoms in total. The van der Waals surface area contributed by atoms with Crippen molar-refractivity contribution < 1.29 is 14.4 Å². The van der Waals surface area contributed by atoms with Gasteiger partial charge in [0.15, 0.2) is 5.11 Å². The number of benzene rings is 1. The second-order valence-electron chi connectivity index (χ2n) is 6.35. The van der Waals surface area contributed by atoms with Crippen LogP contribution in [0.2, 0.25) is 0 Å². The first kappa shape index (κ1) is 19.1. The Labute approximate surface area is 164 Å². The van der Waals surface area contributed by atoms with Crippen LogP contribution in [0.25, 0.3) is 0 Å². The highest BCUT2D eigenvalue weighted by Crippen LogP contribution is 2.23. The van der Waals surface area contributed by atoms with Crippen molar-refractivity contribution in [2.24, 2.45) is 0 Å². The maximum absolute atomic E-state index is 5.56. The molecule has 0 spiro atoms. The number of ether oxygens (including phenoxy) is 2. The third kappa shape index (κ3) is 4.73. The van der Waals surface area contributed by atoms with Crippen LogP contribution in [0.1, 0.15) is 17.8 Å². The Bertz CT molecular complexity index is 703. The van der Waals surface area contributed by atoms with Gasteiger partial charge in [0.1, 0.15) is 24.9 Å². The molecule has 1 aromatic carbocycles. The minimum Gasteiger partial charge on any atom is -0.495 e. The van der Waals surface area contributed by atoms with Crippen molar-refractivity contribution in [3.63, 3.8) is 0 Å². The van der Waals surface area contributed by atoms with E-state index in [2.05, 4.69) is 35.1 Å². The van der Waals surface area contributed by atoms with Crippen molar-refractivity contribution in [3.8, 4) is 5.75 Å². The molecule has 2 heterocycles. The zero-order valence-corrected chi connectivity index (χ0v) is 16.8. The normalized spacial score (nSPS) is 17.3. The summed E-state index contributed by atoms with van der Waals surface area (Å²) in [6.07, 6.45) is 0. The highest BCUT2D eigenvalue weighted by atomic mass is 32.1. The first-order chi connectivity index (χ1) is 12.7. The summed E-state index contributed by atoms with van der Waals surface area (Å²) >= 11 is 7.37. The number of anilines is 1. The van der Waals surface area contributed by atoms with E-state index in [-0.39, 0.29) is 6.04 Å². The number of methoxy groups -OCH3 is 1. The van der Waals surface area contributed by atoms with E-state index in [1.165, 1.54) is 4.88 Å². The topological polar surface area (TPSA) is 47.0 Å². The Morgan fingerprint density at radius 3 is 2.69 bits per heavy atom. The molecule has 1 fully saturated rings. The summed E-state index contributed by atoms with van der Waals surface area (Å²) in [5.74, 6) is 0.776. The lowest BCUT2D eigenvalue weighted by molar-refractivity contribution is -0.939. The van der Waals surface area contributed by atoms with Crippen molar-refractivity contribution in [2.75, 3.05) is 38.7 Å². The van der Waals surface area contributed by atoms with Crippen LogP contribution in [0, 0.1) is 0 Å². The molecule has 0 radical (unpaired) electrons. The fourth-order valence-corrected chi connectivity index (χ4v) is 4.70. The second-order valence-corrected chi connectivity index (χ2v) is 7.74. The van der Waals surface area contributed by atoms with Crippen LogP contribution in [0.3, 0.4) is 0 Å². The van der Waals surface area contributed by atoms with E-state index in [9.17, 15) is 0 Å². The number of para-hydroxylation sites is 2. The van der Waals surface area contributed by atoms with Gasteiger partial charge in [0.25, 0.3) is 0 Å². The number of hydrogen-bond acceptors (Lipinski definition) is 4. The van der Waals surface area contributed by atoms with E-state index < -0.39 is 0 Å². The lowest BCUT2D eigenvalue weighted by Gasteiger charge is -2.35. The molecule has 2 atom stereocenters. The van der Waals surface area contributed by atoms with Gasteiger partial charge in [-0.2, -0.15) is 0 Å². The highest BCUT2D eigenvalue weighted by Gasteiger charge is 2.32. The first-order valence-corrected chi connectivity index (χ1v) is 10.1. The number of thiophene rings is 1. The number of thiocarbonyl (C=S) groups is 1. The summed E-state index contributed by atoms with van der Waals surface area (Å²) in [6.45, 7) is 5.85. The molecule has 0 aliphatic carbocycles. The molecule has 0 unspecified atom stereocenters. The fourth-order valence-electron chi connectivity index (χ4n) is 3.41. The van der Waals surface area contributed by atoms with E-state index in [0.717, 1.165) is 37.7 Å². The summed E-state index contributed by atoms with van der Waals surface area (Å²) < 4.78 is 10.9. The van der Waals surface area contributed by atoms with Gasteiger partial charge in [-0.05, 0) is 42.7 Å². The van der Waals surface area contributed by atoms with Crippen LogP contribution in [-0.2, 0) is 4.74 Å². The molecule has 1 aliphatic heterocycles. The van der Waals surface area contributed by atoms with Gasteiger partial charge >= 0.3 is 0 Å². The van der Waals surface area contributed by atoms with Crippen molar-refractivity contribution in [1.82, 2.24) is 5.32 Å². The molecule has 140 valence electrons. The Morgan fingerprint density at radius 2 is 2.00 bits per heavy atom. The van der Waals surface area contributed by atoms with Crippen LogP contribution in [0.5, 0.6) is 5.75 Å². The molecule has 1 aromatic heterocycles. The molecule has 2 aromatic rings. The number of rotatable bonds is 6. The Hall–Kier alpha value is -1.67. The first-order valence-electron chi connectivity index (χ1n) is 8.85. The van der Waals surface area contributed by atoms with Gasteiger partial charge in [0.2, 0.25) is 0 Å². The average molecular weight is 393 g/mol. The van der Waals surface area contributed by atoms with Crippen LogP contribution >= 0.6 is 23.6 Å². The average Bonchev–Trinajstić information content (AvgIpc) is 3.17. The lowest BCUT2D eigenvalue weighted by Crippen LogP contribution is -3.15. The Morgan fingerprint density at radius 1 is 1.23 bits per heavy atom. The smallest absolute Gasteiger partial charge is 0.171 e. The monoisotopic (exact) mass is 392 g/mol. The summed E-state index contributed by atoms with van der Waals surface area (Å²) in [5.41, 5.74) is 0.867. The molecule has 7 heteroatoms. The van der Waals surface area contributed by atoms with E-state index in [0.29, 0.717) is 11.2 Å². The molecule has 0 amide bonds. The third-order valence-electron chi connectivity index (χ3n) is 4.64. The molecule has 26 heavy (non-hydrogen) atoms. The number of nitrogens with one attached hydrogen (secondary N) is 3. The van der Waals surface area contributed by atoms with E-state index in [4.69, 9.17) is 21.7 Å². The summed E-state index contributed by atoms with van der Waals surface area (Å²) in [4.78, 5) is 2.92. The standard InChI is InChI=1S/C19H25N3O2S2/c1-14(20-19(25)21-15-6-3-4-7-16(15)23-2)18(17-8-5-13-26-17)22-9-11-24-12-10-22/h3-8,13-14,18H,9-12H2,1-2H3,(H2,20,21,25)/p+1/t14-,18+/m0/s1. The highest BCUT2D eigenvalue weighted by molar-refractivity contribution is 7.80. The summed E-state index contributed by atoms with van der Waals surface area (Å²) in [5, 5.41) is 9.48. The summed E-state index contributed by atoms with van der Waals surface area (Å²) in [7, 11) is 1.66. The van der Waals surface area contributed by atoms with Crippen LogP contribution in [-0.4, -0.2) is 44.6 Å². The Balaban J connectivity index is 1.68. The number of morpholine rings is 1. The SMILES string of the molecule is COc1ccccc1NC(=S)N[C@@H](C)[C@H](c1cccs1)[NH+]1CCOCC1. The predicted molar refractivity (Wildman–Crippen MR) is 110 cm³/mol. The maximum Gasteiger partial charge on any atom is 0.171 e. The molecule has 0 bridgehead atoms. The van der Waals surface area contributed by atoms with Crippen LogP contribution in [0.15, 0.2) is 41.8 Å². The quantitative estimate of drug-likeness (QED) is 0.657. The number of hydrogen-bond donors (Lipinski definition) is 3. The predicted octanol–water partition coefficient (Wildman–Crippen LogP) is 2.09. The van der Waals surface area contributed by atoms with Gasteiger partial charge in [-0.3, -0.25) is 0 Å². The molecular weight excluding hydrogens is 366 g/mol. The van der Waals surface area contributed by atoms with E-state index in [1.807, 2.05) is 24.3 Å². The minimum atomic E-state index is 0.191. The van der Waals surface area contributed by atoms with Gasteiger partial charge < -0.3 is 25.0 Å². The van der Waals surface area contributed by atoms with Gasteiger partial charge in [-0.15, -0.1) is 11.3 Å². The van der Waals surface area contributed by atoms with Gasteiger partial charge in [-0.1, -0.05) is 18.2 Å². The maximum atomic E-state index is 5.56. The van der Waals surface area contributed by atoms with Crippen LogP contribution < -0.4 is 20.3 Å².